The van der Waals surface area contributed by atoms with Crippen LogP contribution in [-0.4, -0.2) is 31.8 Å². The first-order valence-corrected chi connectivity index (χ1v) is 10.6. The van der Waals surface area contributed by atoms with E-state index in [1.54, 1.807) is 7.11 Å². The lowest BCUT2D eigenvalue weighted by Crippen LogP contribution is -2.58. The van der Waals surface area contributed by atoms with Crippen LogP contribution in [0.25, 0.3) is 6.08 Å². The second-order valence-corrected chi connectivity index (χ2v) is 8.49. The first kappa shape index (κ1) is 20.3. The van der Waals surface area contributed by atoms with Gasteiger partial charge in [0.05, 0.1) is 20.3 Å². The molecule has 1 amide bonds. The van der Waals surface area contributed by atoms with Gasteiger partial charge in [0.1, 0.15) is 5.66 Å². The molecule has 4 rings (SSSR count). The van der Waals surface area contributed by atoms with E-state index < -0.39 is 5.66 Å². The molecule has 0 saturated carbocycles. The Morgan fingerprint density at radius 1 is 1.17 bits per heavy atom. The molecule has 1 atom stereocenters. The number of hydrogen-bond acceptors (Lipinski definition) is 4. The Balaban J connectivity index is 1.67. The number of amides is 1. The molecule has 1 fully saturated rings. The summed E-state index contributed by atoms with van der Waals surface area (Å²) in [6.45, 7) is 7.55. The second-order valence-electron chi connectivity index (χ2n) is 8.49. The molecule has 0 aliphatic carbocycles. The van der Waals surface area contributed by atoms with Gasteiger partial charge in [-0.3, -0.25) is 4.79 Å². The maximum Gasteiger partial charge on any atom is 0.241 e. The largest absolute Gasteiger partial charge is 0.493 e. The molecule has 2 aliphatic heterocycles. The summed E-state index contributed by atoms with van der Waals surface area (Å²) in [5, 5.41) is 3.26. The molecular formula is C25H30N2O3. The van der Waals surface area contributed by atoms with Gasteiger partial charge in [0, 0.05) is 11.1 Å². The number of rotatable bonds is 7. The normalized spacial score (nSPS) is 21.5. The van der Waals surface area contributed by atoms with Crippen LogP contribution in [0, 0.1) is 0 Å². The van der Waals surface area contributed by atoms with Crippen molar-refractivity contribution in [3.8, 4) is 11.5 Å². The van der Waals surface area contributed by atoms with E-state index in [-0.39, 0.29) is 11.3 Å². The molecule has 0 bridgehead atoms. The summed E-state index contributed by atoms with van der Waals surface area (Å²) in [6, 6.07) is 14.3. The van der Waals surface area contributed by atoms with Gasteiger partial charge in [-0.25, -0.2) is 0 Å². The molecule has 158 valence electrons. The molecular weight excluding hydrogens is 376 g/mol. The van der Waals surface area contributed by atoms with Gasteiger partial charge >= 0.3 is 0 Å². The quantitative estimate of drug-likeness (QED) is 0.688. The van der Waals surface area contributed by atoms with Crippen molar-refractivity contribution in [3.05, 3.63) is 59.7 Å². The Morgan fingerprint density at radius 3 is 2.73 bits per heavy atom. The molecule has 1 saturated heterocycles. The third-order valence-electron chi connectivity index (χ3n) is 6.34. The molecule has 0 radical (unpaired) electrons. The number of para-hydroxylation sites is 1. The molecule has 0 spiro atoms. The van der Waals surface area contributed by atoms with Crippen LogP contribution in [-0.2, 0) is 10.2 Å². The summed E-state index contributed by atoms with van der Waals surface area (Å²) in [4.78, 5) is 14.6. The van der Waals surface area contributed by atoms with Crippen molar-refractivity contribution >= 4 is 17.7 Å². The topological polar surface area (TPSA) is 50.8 Å². The van der Waals surface area contributed by atoms with Crippen LogP contribution in [0.15, 0.2) is 48.5 Å². The zero-order valence-corrected chi connectivity index (χ0v) is 18.2. The van der Waals surface area contributed by atoms with Crippen molar-refractivity contribution in [1.82, 2.24) is 5.32 Å². The van der Waals surface area contributed by atoms with Crippen molar-refractivity contribution in [2.24, 2.45) is 0 Å². The summed E-state index contributed by atoms with van der Waals surface area (Å²) in [5.74, 6) is 1.51. The molecule has 5 nitrogen and oxygen atoms in total. The molecule has 30 heavy (non-hydrogen) atoms. The summed E-state index contributed by atoms with van der Waals surface area (Å²) < 4.78 is 11.4. The standard InChI is InChI=1S/C25H30N2O3/c1-5-6-15-30-21-12-11-18(16-22(21)29-4)13-14-25-24(2,3)19-9-7-8-10-20(19)27(25)17-23(28)26-25/h7-14,16H,5-6,15,17H2,1-4H3,(H,26,28)/b14-13+. The van der Waals surface area contributed by atoms with Crippen LogP contribution in [0.2, 0.25) is 0 Å². The number of carbonyl (C=O) groups excluding carboxylic acids is 1. The predicted octanol–water partition coefficient (Wildman–Crippen LogP) is 4.51. The Hall–Kier alpha value is -2.95. The van der Waals surface area contributed by atoms with Crippen molar-refractivity contribution in [2.45, 2.75) is 44.7 Å². The Bertz CT molecular complexity index is 982. The third kappa shape index (κ3) is 3.13. The van der Waals surface area contributed by atoms with Gasteiger partial charge in [-0.2, -0.15) is 0 Å². The molecule has 5 heteroatoms. The zero-order valence-electron chi connectivity index (χ0n) is 18.2. The molecule has 2 aromatic rings. The van der Waals surface area contributed by atoms with Gasteiger partial charge in [-0.1, -0.05) is 57.5 Å². The minimum atomic E-state index is -0.600. The van der Waals surface area contributed by atoms with E-state index in [4.69, 9.17) is 9.47 Å². The highest BCUT2D eigenvalue weighted by Gasteiger charge is 2.59. The average molecular weight is 407 g/mol. The van der Waals surface area contributed by atoms with E-state index >= 15 is 0 Å². The van der Waals surface area contributed by atoms with E-state index in [9.17, 15) is 4.79 Å². The van der Waals surface area contributed by atoms with Crippen LogP contribution in [0.1, 0.15) is 44.7 Å². The Kier molecular flexibility index (Phi) is 5.22. The predicted molar refractivity (Wildman–Crippen MR) is 120 cm³/mol. The van der Waals surface area contributed by atoms with E-state index in [1.165, 1.54) is 5.56 Å². The highest BCUT2D eigenvalue weighted by Crippen LogP contribution is 2.52. The van der Waals surface area contributed by atoms with Gasteiger partial charge in [-0.05, 0) is 41.8 Å². The molecule has 1 N–H and O–H groups in total. The summed E-state index contributed by atoms with van der Waals surface area (Å²) >= 11 is 0. The first-order chi connectivity index (χ1) is 14.4. The fourth-order valence-electron chi connectivity index (χ4n) is 4.59. The lowest BCUT2D eigenvalue weighted by molar-refractivity contribution is -0.118. The van der Waals surface area contributed by atoms with Gasteiger partial charge in [0.25, 0.3) is 0 Å². The van der Waals surface area contributed by atoms with Crippen LogP contribution >= 0.6 is 0 Å². The lowest BCUT2D eigenvalue weighted by Gasteiger charge is -2.40. The van der Waals surface area contributed by atoms with Crippen molar-refractivity contribution < 1.29 is 14.3 Å². The summed E-state index contributed by atoms with van der Waals surface area (Å²) in [5.41, 5.74) is 2.48. The molecule has 2 aromatic carbocycles. The molecule has 0 aromatic heterocycles. The number of ether oxygens (including phenoxy) is 2. The maximum atomic E-state index is 12.4. The second kappa shape index (κ2) is 7.71. The van der Waals surface area contributed by atoms with Crippen LogP contribution in [0.5, 0.6) is 11.5 Å². The lowest BCUT2D eigenvalue weighted by atomic mass is 9.75. The minimum absolute atomic E-state index is 0.0412. The molecule has 1 unspecified atom stereocenters. The third-order valence-corrected chi connectivity index (χ3v) is 6.34. The number of hydrogen-bond donors (Lipinski definition) is 1. The van der Waals surface area contributed by atoms with Gasteiger partial charge in [0.15, 0.2) is 11.5 Å². The number of nitrogens with zero attached hydrogens (tertiary/aromatic N) is 1. The fraction of sp³-hybridized carbons (Fsp3) is 0.400. The number of methoxy groups -OCH3 is 1. The molecule has 2 aliphatic rings. The maximum absolute atomic E-state index is 12.4. The van der Waals surface area contributed by atoms with Crippen molar-refractivity contribution in [3.63, 3.8) is 0 Å². The Labute approximate surface area is 178 Å². The first-order valence-electron chi connectivity index (χ1n) is 10.6. The number of unbranched alkanes of at least 4 members (excludes halogenated alkanes) is 1. The average Bonchev–Trinajstić information content (AvgIpc) is 3.18. The van der Waals surface area contributed by atoms with Crippen LogP contribution in [0.4, 0.5) is 5.69 Å². The molecule has 2 heterocycles. The van der Waals surface area contributed by atoms with E-state index in [1.807, 2.05) is 24.3 Å². The summed E-state index contributed by atoms with van der Waals surface area (Å²) in [6.07, 6.45) is 6.28. The van der Waals surface area contributed by atoms with Crippen molar-refractivity contribution in [2.75, 3.05) is 25.2 Å². The number of carbonyl (C=O) groups is 1. The van der Waals surface area contributed by atoms with E-state index in [0.29, 0.717) is 18.9 Å². The smallest absolute Gasteiger partial charge is 0.241 e. The Morgan fingerprint density at radius 2 is 1.97 bits per heavy atom. The number of anilines is 1. The van der Waals surface area contributed by atoms with Gasteiger partial charge < -0.3 is 19.7 Å². The van der Waals surface area contributed by atoms with Crippen LogP contribution < -0.4 is 19.7 Å². The van der Waals surface area contributed by atoms with Gasteiger partial charge in [0.2, 0.25) is 5.91 Å². The minimum Gasteiger partial charge on any atom is -0.493 e. The van der Waals surface area contributed by atoms with E-state index in [2.05, 4.69) is 61.3 Å². The highest BCUT2D eigenvalue weighted by molar-refractivity contribution is 5.91. The van der Waals surface area contributed by atoms with E-state index in [0.717, 1.165) is 29.8 Å². The number of fused-ring (bicyclic) bond motifs is 3. The van der Waals surface area contributed by atoms with Crippen LogP contribution in [0.3, 0.4) is 0 Å². The van der Waals surface area contributed by atoms with Crippen molar-refractivity contribution in [1.29, 1.82) is 0 Å². The number of benzene rings is 2. The fourth-order valence-corrected chi connectivity index (χ4v) is 4.59. The number of nitrogens with one attached hydrogen (secondary N) is 1. The van der Waals surface area contributed by atoms with Gasteiger partial charge in [-0.15, -0.1) is 0 Å². The summed E-state index contributed by atoms with van der Waals surface area (Å²) in [7, 11) is 1.66. The zero-order chi connectivity index (χ0) is 21.4. The highest BCUT2D eigenvalue weighted by atomic mass is 16.5. The monoisotopic (exact) mass is 406 g/mol. The SMILES string of the molecule is CCCCOc1ccc(/C=C/C23NC(=O)CN2c2ccccc2C3(C)C)cc1OC.